The molecule has 1 aliphatic rings. The van der Waals surface area contributed by atoms with Crippen molar-refractivity contribution in [2.45, 2.75) is 59.1 Å². The zero-order chi connectivity index (χ0) is 24.0. The monoisotopic (exact) mass is 458 g/mol. The molecular formula is C22H30N6O5. The summed E-state index contributed by atoms with van der Waals surface area (Å²) in [5, 5.41) is 12.5. The van der Waals surface area contributed by atoms with Crippen LogP contribution in [0.1, 0.15) is 47.0 Å². The Morgan fingerprint density at radius 1 is 1.30 bits per heavy atom. The summed E-state index contributed by atoms with van der Waals surface area (Å²) in [5.74, 6) is -0.578. The fourth-order valence-electron chi connectivity index (χ4n) is 3.12. The lowest BCUT2D eigenvalue weighted by Crippen LogP contribution is -2.38. The fraction of sp³-hybridized carbons (Fsp3) is 0.500. The molecule has 0 radical (unpaired) electrons. The van der Waals surface area contributed by atoms with Crippen molar-refractivity contribution in [1.82, 2.24) is 19.5 Å². The average molecular weight is 459 g/mol. The lowest BCUT2D eigenvalue weighted by molar-refractivity contribution is -0.137. The summed E-state index contributed by atoms with van der Waals surface area (Å²) in [4.78, 5) is 39.2. The highest BCUT2D eigenvalue weighted by Crippen LogP contribution is 2.26. The third-order valence-electron chi connectivity index (χ3n) is 4.60. The highest BCUT2D eigenvalue weighted by atomic mass is 16.6. The summed E-state index contributed by atoms with van der Waals surface area (Å²) in [6.07, 6.45) is 8.57. The van der Waals surface area contributed by atoms with E-state index in [0.717, 1.165) is 25.0 Å². The number of aromatic nitrogens is 4. The number of rotatable bonds is 9. The van der Waals surface area contributed by atoms with Gasteiger partial charge < -0.3 is 24.5 Å². The second-order valence-electron chi connectivity index (χ2n) is 8.57. The number of aliphatic carboxylic acids is 1. The number of amides is 1. The van der Waals surface area contributed by atoms with Crippen molar-refractivity contribution in [3.8, 4) is 0 Å². The third-order valence-corrected chi connectivity index (χ3v) is 4.60. The van der Waals surface area contributed by atoms with E-state index in [0.29, 0.717) is 30.1 Å². The number of hydrogen-bond acceptors (Lipinski definition) is 8. The Morgan fingerprint density at radius 3 is 2.73 bits per heavy atom. The van der Waals surface area contributed by atoms with E-state index in [1.165, 1.54) is 15.8 Å². The molecule has 0 atom stereocenters. The highest BCUT2D eigenvalue weighted by Gasteiger charge is 2.27. The van der Waals surface area contributed by atoms with Crippen LogP contribution in [0.2, 0.25) is 0 Å². The van der Waals surface area contributed by atoms with Crippen molar-refractivity contribution in [3.05, 3.63) is 30.4 Å². The third kappa shape index (κ3) is 6.43. The molecule has 178 valence electrons. The largest absolute Gasteiger partial charge is 0.497 e. The Morgan fingerprint density at radius 2 is 2.09 bits per heavy atom. The molecule has 1 aliphatic heterocycles. The Kier molecular flexibility index (Phi) is 7.52. The van der Waals surface area contributed by atoms with Crippen LogP contribution in [0.5, 0.6) is 0 Å². The standard InChI is InChI=1S/C22H30N6O5/c1-5-6-7-10-28(21(31)33-22(2,3)4)20-25-18(24-15-8-11-32-12-9-15)17-19(26-20)27(14-23-17)13-16(29)30/h8-9,11,14H,5-7,10,12-13H2,1-4H3,(H,29,30)(H,24,25,26). The highest BCUT2D eigenvalue weighted by molar-refractivity contribution is 5.90. The predicted octanol–water partition coefficient (Wildman–Crippen LogP) is 3.68. The maximum atomic E-state index is 13.0. The van der Waals surface area contributed by atoms with Crippen molar-refractivity contribution in [3.63, 3.8) is 0 Å². The molecule has 3 heterocycles. The van der Waals surface area contributed by atoms with E-state index in [4.69, 9.17) is 9.47 Å². The molecule has 3 rings (SSSR count). The molecule has 0 fully saturated rings. The first-order valence-corrected chi connectivity index (χ1v) is 10.9. The summed E-state index contributed by atoms with van der Waals surface area (Å²) < 4.78 is 12.2. The number of carbonyl (C=O) groups is 2. The first-order valence-electron chi connectivity index (χ1n) is 10.9. The van der Waals surface area contributed by atoms with E-state index >= 15 is 0 Å². The molecule has 1 amide bonds. The molecule has 0 saturated heterocycles. The van der Waals surface area contributed by atoms with Crippen molar-refractivity contribution in [1.29, 1.82) is 0 Å². The molecular weight excluding hydrogens is 428 g/mol. The van der Waals surface area contributed by atoms with Crippen LogP contribution < -0.4 is 10.2 Å². The number of allylic oxidation sites excluding steroid dienone is 1. The van der Waals surface area contributed by atoms with Gasteiger partial charge in [-0.25, -0.2) is 14.7 Å². The predicted molar refractivity (Wildman–Crippen MR) is 123 cm³/mol. The summed E-state index contributed by atoms with van der Waals surface area (Å²) in [6.45, 7) is 7.87. The summed E-state index contributed by atoms with van der Waals surface area (Å²) in [6, 6.07) is 0. The number of fused-ring (bicyclic) bond motifs is 1. The van der Waals surface area contributed by atoms with E-state index in [1.54, 1.807) is 33.1 Å². The Balaban J connectivity index is 2.08. The Bertz CT molecular complexity index is 1070. The van der Waals surface area contributed by atoms with E-state index in [1.807, 2.05) is 6.08 Å². The van der Waals surface area contributed by atoms with Gasteiger partial charge in [-0.15, -0.1) is 0 Å². The topological polar surface area (TPSA) is 132 Å². The minimum Gasteiger partial charge on any atom is -0.497 e. The fourth-order valence-corrected chi connectivity index (χ4v) is 3.12. The maximum Gasteiger partial charge on any atom is 0.417 e. The van der Waals surface area contributed by atoms with Gasteiger partial charge in [0, 0.05) is 12.2 Å². The van der Waals surface area contributed by atoms with Gasteiger partial charge in [0.15, 0.2) is 17.0 Å². The second-order valence-corrected chi connectivity index (χ2v) is 8.57. The zero-order valence-electron chi connectivity index (χ0n) is 19.4. The van der Waals surface area contributed by atoms with Gasteiger partial charge in [0.05, 0.1) is 12.6 Å². The van der Waals surface area contributed by atoms with Gasteiger partial charge in [-0.05, 0) is 39.3 Å². The number of unbranched alkanes of at least 4 members (excludes halogenated alkanes) is 2. The number of nitrogens with one attached hydrogen (secondary N) is 1. The van der Waals surface area contributed by atoms with Crippen LogP contribution in [0, 0.1) is 0 Å². The van der Waals surface area contributed by atoms with Crippen LogP contribution in [0.3, 0.4) is 0 Å². The minimum absolute atomic E-state index is 0.110. The van der Waals surface area contributed by atoms with E-state index in [9.17, 15) is 14.7 Å². The number of carboxylic acids is 1. The quantitative estimate of drug-likeness (QED) is 0.540. The Labute approximate surface area is 192 Å². The normalized spacial score (nSPS) is 13.4. The number of imidazole rings is 1. The van der Waals surface area contributed by atoms with Gasteiger partial charge in [-0.3, -0.25) is 4.79 Å². The number of carbonyl (C=O) groups excluding carboxylic acids is 1. The van der Waals surface area contributed by atoms with Crippen LogP contribution in [-0.2, 0) is 20.8 Å². The Hall–Kier alpha value is -3.63. The van der Waals surface area contributed by atoms with Crippen LogP contribution in [0.25, 0.3) is 11.2 Å². The first kappa shape index (κ1) is 24.0. The van der Waals surface area contributed by atoms with Gasteiger partial charge in [-0.2, -0.15) is 9.97 Å². The minimum atomic E-state index is -1.04. The van der Waals surface area contributed by atoms with Crippen molar-refractivity contribution in [2.24, 2.45) is 0 Å². The lowest BCUT2D eigenvalue weighted by Gasteiger charge is -2.26. The summed E-state index contributed by atoms with van der Waals surface area (Å²) >= 11 is 0. The number of hydrogen-bond donors (Lipinski definition) is 2. The van der Waals surface area contributed by atoms with E-state index in [2.05, 4.69) is 27.2 Å². The zero-order valence-corrected chi connectivity index (χ0v) is 19.4. The van der Waals surface area contributed by atoms with Crippen LogP contribution >= 0.6 is 0 Å². The molecule has 33 heavy (non-hydrogen) atoms. The lowest BCUT2D eigenvalue weighted by atomic mass is 10.2. The second kappa shape index (κ2) is 10.3. The molecule has 0 aliphatic carbocycles. The molecule has 2 aromatic rings. The van der Waals surface area contributed by atoms with E-state index in [-0.39, 0.29) is 12.5 Å². The van der Waals surface area contributed by atoms with Crippen LogP contribution in [-0.4, -0.2) is 55.4 Å². The van der Waals surface area contributed by atoms with Crippen molar-refractivity contribution in [2.75, 3.05) is 23.4 Å². The average Bonchev–Trinajstić information content (AvgIpc) is 3.13. The van der Waals surface area contributed by atoms with Gasteiger partial charge in [0.25, 0.3) is 0 Å². The van der Waals surface area contributed by atoms with Gasteiger partial charge in [0.1, 0.15) is 18.8 Å². The molecule has 0 bridgehead atoms. The summed E-state index contributed by atoms with van der Waals surface area (Å²) in [5.41, 5.74) is 0.715. The van der Waals surface area contributed by atoms with Crippen molar-refractivity contribution >= 4 is 35.0 Å². The molecule has 0 saturated carbocycles. The maximum absolute atomic E-state index is 13.0. The van der Waals surface area contributed by atoms with Gasteiger partial charge in [-0.1, -0.05) is 19.8 Å². The smallest absolute Gasteiger partial charge is 0.417 e. The SMILES string of the molecule is CCCCCN(C(=O)OC(C)(C)C)c1nc(NC2=CCOC=C2)c2ncn(CC(=O)O)c2n1. The number of ether oxygens (including phenoxy) is 2. The molecule has 0 unspecified atom stereocenters. The molecule has 11 nitrogen and oxygen atoms in total. The number of carboxylic acid groups (broad SMARTS) is 1. The van der Waals surface area contributed by atoms with Gasteiger partial charge >= 0.3 is 12.1 Å². The molecule has 2 N–H and O–H groups in total. The van der Waals surface area contributed by atoms with Crippen LogP contribution in [0.4, 0.5) is 16.6 Å². The van der Waals surface area contributed by atoms with Gasteiger partial charge in [0.2, 0.25) is 5.95 Å². The molecule has 0 aromatic carbocycles. The van der Waals surface area contributed by atoms with Crippen molar-refractivity contribution < 1.29 is 24.2 Å². The van der Waals surface area contributed by atoms with E-state index < -0.39 is 17.7 Å². The first-order chi connectivity index (χ1) is 15.7. The molecule has 0 spiro atoms. The molecule has 2 aromatic heterocycles. The number of anilines is 2. The number of nitrogens with zero attached hydrogens (tertiary/aromatic N) is 5. The summed E-state index contributed by atoms with van der Waals surface area (Å²) in [7, 11) is 0. The molecule has 11 heteroatoms. The van der Waals surface area contributed by atoms with Crippen LogP contribution in [0.15, 0.2) is 30.4 Å².